The van der Waals surface area contributed by atoms with Gasteiger partial charge in [0.25, 0.3) is 11.5 Å². The van der Waals surface area contributed by atoms with Crippen molar-refractivity contribution in [2.24, 2.45) is 12.0 Å². The largest absolute Gasteiger partial charge is 0.297 e. The van der Waals surface area contributed by atoms with E-state index in [1.54, 1.807) is 14.3 Å². The summed E-state index contributed by atoms with van der Waals surface area (Å²) in [4.78, 5) is 35.5. The number of rotatable bonds is 6. The molecule has 0 N–H and O–H groups in total. The molecule has 1 aromatic heterocycles. The molecule has 176 valence electrons. The summed E-state index contributed by atoms with van der Waals surface area (Å²) in [5, 5.41) is 0. The van der Waals surface area contributed by atoms with Gasteiger partial charge in [0, 0.05) is 19.2 Å². The lowest BCUT2D eigenvalue weighted by Gasteiger charge is -2.24. The molecule has 1 aliphatic heterocycles. The van der Waals surface area contributed by atoms with Gasteiger partial charge in [0.05, 0.1) is 23.7 Å². The van der Waals surface area contributed by atoms with Crippen molar-refractivity contribution in [3.8, 4) is 5.69 Å². The SMILES string of the molecule is Cc1c(N=C2C(=O)N(CN(C)Cc3ccccc3)c3ccccc32)c(=O)n(-c2ccccc2)n1C. The van der Waals surface area contributed by atoms with Gasteiger partial charge < -0.3 is 0 Å². The Morgan fingerprint density at radius 1 is 0.857 bits per heavy atom. The first-order chi connectivity index (χ1) is 17.0. The summed E-state index contributed by atoms with van der Waals surface area (Å²) < 4.78 is 3.35. The Hall–Kier alpha value is -4.23. The van der Waals surface area contributed by atoms with Crippen LogP contribution < -0.4 is 10.5 Å². The van der Waals surface area contributed by atoms with Crippen LogP contribution in [0.2, 0.25) is 0 Å². The molecule has 2 heterocycles. The van der Waals surface area contributed by atoms with Gasteiger partial charge in [-0.2, -0.15) is 0 Å². The average Bonchev–Trinajstić information content (AvgIpc) is 3.25. The van der Waals surface area contributed by atoms with Crippen molar-refractivity contribution in [2.45, 2.75) is 13.5 Å². The van der Waals surface area contributed by atoms with E-state index in [0.29, 0.717) is 24.6 Å². The van der Waals surface area contributed by atoms with Crippen molar-refractivity contribution >= 4 is 23.0 Å². The highest BCUT2D eigenvalue weighted by atomic mass is 16.2. The molecular formula is C28H27N5O2. The first kappa shape index (κ1) is 22.6. The quantitative estimate of drug-likeness (QED) is 0.432. The van der Waals surface area contributed by atoms with Crippen LogP contribution in [-0.2, 0) is 18.4 Å². The molecule has 7 nitrogen and oxygen atoms in total. The first-order valence-electron chi connectivity index (χ1n) is 11.5. The van der Waals surface area contributed by atoms with Crippen LogP contribution in [0.5, 0.6) is 0 Å². The van der Waals surface area contributed by atoms with E-state index in [0.717, 1.165) is 16.9 Å². The van der Waals surface area contributed by atoms with Crippen molar-refractivity contribution in [3.63, 3.8) is 0 Å². The predicted octanol–water partition coefficient (Wildman–Crippen LogP) is 4.04. The minimum Gasteiger partial charge on any atom is -0.293 e. The van der Waals surface area contributed by atoms with Gasteiger partial charge in [0.1, 0.15) is 5.71 Å². The van der Waals surface area contributed by atoms with Crippen LogP contribution in [0.4, 0.5) is 11.4 Å². The van der Waals surface area contributed by atoms with E-state index in [4.69, 9.17) is 0 Å². The van der Waals surface area contributed by atoms with Crippen molar-refractivity contribution in [1.82, 2.24) is 14.3 Å². The summed E-state index contributed by atoms with van der Waals surface area (Å²) >= 11 is 0. The van der Waals surface area contributed by atoms with Crippen molar-refractivity contribution in [1.29, 1.82) is 0 Å². The van der Waals surface area contributed by atoms with E-state index in [-0.39, 0.29) is 17.2 Å². The van der Waals surface area contributed by atoms with E-state index in [9.17, 15) is 9.59 Å². The molecule has 7 heteroatoms. The second-order valence-corrected chi connectivity index (χ2v) is 8.76. The molecule has 5 rings (SSSR count). The molecule has 0 unspecified atom stereocenters. The molecule has 0 radical (unpaired) electrons. The zero-order valence-electron chi connectivity index (χ0n) is 20.0. The number of aliphatic imine (C=N–C) groups is 1. The van der Waals surface area contributed by atoms with Crippen molar-refractivity contribution < 1.29 is 4.79 Å². The van der Waals surface area contributed by atoms with Crippen LogP contribution in [0.25, 0.3) is 5.69 Å². The van der Waals surface area contributed by atoms with Crippen molar-refractivity contribution in [2.75, 3.05) is 18.6 Å². The highest BCUT2D eigenvalue weighted by Gasteiger charge is 2.35. The standard InChI is InChI=1S/C28H27N5O2/c1-20-25(28(35)33(31(20)3)22-14-8-5-9-15-22)29-26-23-16-10-11-17-24(23)32(27(26)34)19-30(2)18-21-12-6-4-7-13-21/h4-17H,18-19H2,1-3H3. The van der Waals surface area contributed by atoms with Gasteiger partial charge in [0.2, 0.25) is 0 Å². The Kier molecular flexibility index (Phi) is 5.93. The first-order valence-corrected chi connectivity index (χ1v) is 11.5. The van der Waals surface area contributed by atoms with Crippen LogP contribution >= 0.6 is 0 Å². The van der Waals surface area contributed by atoms with Gasteiger partial charge >= 0.3 is 0 Å². The number of para-hydroxylation sites is 2. The maximum Gasteiger partial charge on any atom is 0.297 e. The van der Waals surface area contributed by atoms with Crippen LogP contribution in [0, 0.1) is 6.92 Å². The Morgan fingerprint density at radius 3 is 2.20 bits per heavy atom. The number of benzene rings is 3. The van der Waals surface area contributed by atoms with Gasteiger partial charge in [-0.3, -0.25) is 24.1 Å². The van der Waals surface area contributed by atoms with Gasteiger partial charge in [-0.25, -0.2) is 9.67 Å². The molecular weight excluding hydrogens is 438 g/mol. The molecule has 0 fully saturated rings. The third-order valence-corrected chi connectivity index (χ3v) is 6.32. The van der Waals surface area contributed by atoms with Crippen LogP contribution in [-0.4, -0.2) is 39.6 Å². The lowest BCUT2D eigenvalue weighted by molar-refractivity contribution is -0.112. The van der Waals surface area contributed by atoms with E-state index >= 15 is 0 Å². The number of anilines is 1. The maximum atomic E-state index is 13.6. The van der Waals surface area contributed by atoms with Crippen molar-refractivity contribution in [3.05, 3.63) is 112 Å². The van der Waals surface area contributed by atoms with Crippen LogP contribution in [0.15, 0.2) is 94.7 Å². The second-order valence-electron chi connectivity index (χ2n) is 8.76. The Labute approximate surface area is 204 Å². The van der Waals surface area contributed by atoms with Gasteiger partial charge in [-0.05, 0) is 37.7 Å². The third-order valence-electron chi connectivity index (χ3n) is 6.32. The molecule has 0 spiro atoms. The smallest absolute Gasteiger partial charge is 0.293 e. The third kappa shape index (κ3) is 4.11. The second kappa shape index (κ2) is 9.19. The summed E-state index contributed by atoms with van der Waals surface area (Å²) in [7, 11) is 3.81. The molecule has 0 saturated heterocycles. The zero-order chi connectivity index (χ0) is 24.5. The summed E-state index contributed by atoms with van der Waals surface area (Å²) in [6.45, 7) is 2.96. The molecule has 1 amide bonds. The molecule has 0 atom stereocenters. The number of carbonyl (C=O) groups is 1. The fourth-order valence-electron chi connectivity index (χ4n) is 4.49. The van der Waals surface area contributed by atoms with Gasteiger partial charge in [0.15, 0.2) is 5.69 Å². The minimum atomic E-state index is -0.256. The number of aromatic nitrogens is 2. The highest BCUT2D eigenvalue weighted by molar-refractivity contribution is 6.54. The summed E-state index contributed by atoms with van der Waals surface area (Å²) in [6.07, 6.45) is 0. The number of carbonyl (C=O) groups excluding carboxylic acids is 1. The van der Waals surface area contributed by atoms with E-state index in [1.165, 1.54) is 5.56 Å². The fourth-order valence-corrected chi connectivity index (χ4v) is 4.49. The monoisotopic (exact) mass is 465 g/mol. The number of hydrogen-bond acceptors (Lipinski definition) is 4. The summed E-state index contributed by atoms with van der Waals surface area (Å²) in [5.74, 6) is -0.208. The molecule has 0 aliphatic carbocycles. The van der Waals surface area contributed by atoms with Gasteiger partial charge in [-0.15, -0.1) is 0 Å². The fraction of sp³-hybridized carbons (Fsp3) is 0.179. The Balaban J connectivity index is 1.51. The minimum absolute atomic E-state index is 0.208. The Morgan fingerprint density at radius 2 is 1.49 bits per heavy atom. The Bertz CT molecular complexity index is 1470. The number of hydrogen-bond donors (Lipinski definition) is 0. The van der Waals surface area contributed by atoms with E-state index in [1.807, 2.05) is 93.8 Å². The number of nitrogens with zero attached hydrogens (tertiary/aromatic N) is 5. The molecule has 4 aromatic rings. The molecule has 0 bridgehead atoms. The zero-order valence-corrected chi connectivity index (χ0v) is 20.0. The highest BCUT2D eigenvalue weighted by Crippen LogP contribution is 2.31. The average molecular weight is 466 g/mol. The predicted molar refractivity (Wildman–Crippen MR) is 139 cm³/mol. The molecule has 3 aromatic carbocycles. The van der Waals surface area contributed by atoms with Gasteiger partial charge in [-0.1, -0.05) is 66.7 Å². The maximum absolute atomic E-state index is 13.6. The molecule has 1 aliphatic rings. The lowest BCUT2D eigenvalue weighted by Crippen LogP contribution is -2.39. The van der Waals surface area contributed by atoms with E-state index in [2.05, 4.69) is 22.0 Å². The normalized spacial score (nSPS) is 14.2. The topological polar surface area (TPSA) is 62.8 Å². The number of fused-ring (bicyclic) bond motifs is 1. The van der Waals surface area contributed by atoms with Crippen LogP contribution in [0.1, 0.15) is 16.8 Å². The summed E-state index contributed by atoms with van der Waals surface area (Å²) in [6, 6.07) is 27.2. The van der Waals surface area contributed by atoms with Crippen LogP contribution in [0.3, 0.4) is 0 Å². The molecule has 35 heavy (non-hydrogen) atoms. The molecule has 0 saturated carbocycles. The number of amides is 1. The summed E-state index contributed by atoms with van der Waals surface area (Å²) in [5.41, 5.74) is 4.45. The van der Waals surface area contributed by atoms with E-state index < -0.39 is 0 Å². The lowest BCUT2D eigenvalue weighted by atomic mass is 10.1.